The number of nitrogens with one attached hydrogen (secondary N) is 2. The van der Waals surface area contributed by atoms with Gasteiger partial charge in [0.05, 0.1) is 33.9 Å². The number of halogens is 1. The molecule has 0 fully saturated rings. The highest BCUT2D eigenvalue weighted by Crippen LogP contribution is 2.43. The fourth-order valence-electron chi connectivity index (χ4n) is 3.57. The summed E-state index contributed by atoms with van der Waals surface area (Å²) in [6, 6.07) is 16.8. The van der Waals surface area contributed by atoms with Crippen molar-refractivity contribution in [2.75, 3.05) is 17.7 Å². The van der Waals surface area contributed by atoms with E-state index in [1.54, 1.807) is 31.2 Å². The molecule has 0 aromatic heterocycles. The maximum absolute atomic E-state index is 12.9. The van der Waals surface area contributed by atoms with E-state index in [9.17, 15) is 14.9 Å². The summed E-state index contributed by atoms with van der Waals surface area (Å²) in [4.78, 5) is 25.5. The number of esters is 1. The van der Waals surface area contributed by atoms with Crippen LogP contribution in [0, 0.1) is 18.3 Å². The molecule has 2 aromatic carbocycles. The van der Waals surface area contributed by atoms with Gasteiger partial charge in [-0.2, -0.15) is 5.26 Å². The summed E-state index contributed by atoms with van der Waals surface area (Å²) in [5.74, 6) is -1.44. The number of amides is 1. The molecule has 0 spiro atoms. The van der Waals surface area contributed by atoms with Gasteiger partial charge >= 0.3 is 5.97 Å². The summed E-state index contributed by atoms with van der Waals surface area (Å²) in [5, 5.41) is 17.0. The van der Waals surface area contributed by atoms with E-state index in [0.29, 0.717) is 26.9 Å². The second-order valence-corrected chi connectivity index (χ2v) is 8.90. The number of rotatable bonds is 8. The van der Waals surface area contributed by atoms with Gasteiger partial charge in [0.25, 0.3) is 0 Å². The van der Waals surface area contributed by atoms with Crippen molar-refractivity contribution in [3.8, 4) is 6.07 Å². The Bertz CT molecular complexity index is 1230. The van der Waals surface area contributed by atoms with Crippen LogP contribution < -0.4 is 10.6 Å². The number of allylic oxidation sites excluding steroid dienone is 2. The molecular weight excluding hydrogens is 470 g/mol. The first-order chi connectivity index (χ1) is 16.4. The van der Waals surface area contributed by atoms with Gasteiger partial charge in [0.1, 0.15) is 6.61 Å². The minimum Gasteiger partial charge on any atom is -0.458 e. The molecule has 1 heterocycles. The summed E-state index contributed by atoms with van der Waals surface area (Å²) >= 11 is 7.66. The standard InChI is InChI=1S/C26H24ClN3O3S/c1-4-13-33-26(32)23-17(3)29-25(19(14-28)24(23)18-10-6-7-11-20(18)27)34-15-22(31)30-21-12-8-5-9-16(21)2/h4-12,24,29H,1,13,15H2,2-3H3,(H,30,31)/t24-/m1/s1. The number of dihydropyridines is 1. The van der Waals surface area contributed by atoms with Crippen LogP contribution in [0.1, 0.15) is 24.0 Å². The lowest BCUT2D eigenvalue weighted by molar-refractivity contribution is -0.138. The highest BCUT2D eigenvalue weighted by molar-refractivity contribution is 8.03. The minimum atomic E-state index is -0.737. The largest absolute Gasteiger partial charge is 0.458 e. The third kappa shape index (κ3) is 5.71. The van der Waals surface area contributed by atoms with Crippen LogP contribution in [0.3, 0.4) is 0 Å². The van der Waals surface area contributed by atoms with E-state index in [0.717, 1.165) is 11.3 Å². The highest BCUT2D eigenvalue weighted by Gasteiger charge is 2.36. The van der Waals surface area contributed by atoms with Crippen LogP contribution in [-0.4, -0.2) is 24.2 Å². The second kappa shape index (κ2) is 11.6. The fraction of sp³-hybridized carbons (Fsp3) is 0.192. The number of aryl methyl sites for hydroxylation is 1. The van der Waals surface area contributed by atoms with E-state index in [1.807, 2.05) is 31.2 Å². The lowest BCUT2D eigenvalue weighted by Crippen LogP contribution is -2.29. The van der Waals surface area contributed by atoms with Gasteiger partial charge in [-0.1, -0.05) is 72.4 Å². The van der Waals surface area contributed by atoms with Gasteiger partial charge in [-0.3, -0.25) is 4.79 Å². The van der Waals surface area contributed by atoms with E-state index in [2.05, 4.69) is 23.3 Å². The Labute approximate surface area is 208 Å². The van der Waals surface area contributed by atoms with Gasteiger partial charge in [-0.05, 0) is 37.1 Å². The van der Waals surface area contributed by atoms with Gasteiger partial charge in [-0.15, -0.1) is 0 Å². The van der Waals surface area contributed by atoms with Crippen LogP contribution in [0.5, 0.6) is 0 Å². The second-order valence-electron chi connectivity index (χ2n) is 7.51. The number of benzene rings is 2. The molecule has 1 aliphatic rings. The van der Waals surface area contributed by atoms with Gasteiger partial charge in [0.2, 0.25) is 5.91 Å². The summed E-state index contributed by atoms with van der Waals surface area (Å²) in [6.07, 6.45) is 1.48. The van der Waals surface area contributed by atoms with E-state index in [-0.39, 0.29) is 23.8 Å². The molecule has 3 rings (SSSR count). The normalized spacial score (nSPS) is 15.3. The number of thioether (sulfide) groups is 1. The Hall–Kier alpha value is -3.47. The smallest absolute Gasteiger partial charge is 0.337 e. The zero-order valence-corrected chi connectivity index (χ0v) is 20.4. The molecule has 34 heavy (non-hydrogen) atoms. The summed E-state index contributed by atoms with van der Waals surface area (Å²) in [5.41, 5.74) is 3.40. The Morgan fingerprint density at radius 1 is 1.24 bits per heavy atom. The van der Waals surface area contributed by atoms with Crippen LogP contribution >= 0.6 is 23.4 Å². The molecule has 0 saturated heterocycles. The molecule has 0 radical (unpaired) electrons. The molecule has 0 unspecified atom stereocenters. The molecule has 1 aliphatic heterocycles. The van der Waals surface area contributed by atoms with Crippen LogP contribution in [0.25, 0.3) is 0 Å². The molecule has 174 valence electrons. The first-order valence-electron chi connectivity index (χ1n) is 10.5. The maximum Gasteiger partial charge on any atom is 0.337 e. The Balaban J connectivity index is 1.93. The third-order valence-corrected chi connectivity index (χ3v) is 6.54. The number of nitrogens with zero attached hydrogens (tertiary/aromatic N) is 1. The predicted octanol–water partition coefficient (Wildman–Crippen LogP) is 5.45. The van der Waals surface area contributed by atoms with Crippen molar-refractivity contribution < 1.29 is 14.3 Å². The molecule has 0 saturated carbocycles. The number of carbonyl (C=O) groups is 2. The molecule has 1 atom stereocenters. The van der Waals surface area contributed by atoms with Crippen molar-refractivity contribution in [1.29, 1.82) is 5.26 Å². The number of nitriles is 1. The van der Waals surface area contributed by atoms with Crippen LogP contribution in [-0.2, 0) is 14.3 Å². The zero-order valence-electron chi connectivity index (χ0n) is 18.9. The highest BCUT2D eigenvalue weighted by atomic mass is 35.5. The molecule has 2 N–H and O–H groups in total. The maximum atomic E-state index is 12.9. The number of carbonyl (C=O) groups excluding carboxylic acids is 2. The molecule has 1 amide bonds. The number of hydrogen-bond donors (Lipinski definition) is 2. The van der Waals surface area contributed by atoms with Crippen molar-refractivity contribution in [3.63, 3.8) is 0 Å². The average molecular weight is 494 g/mol. The van der Waals surface area contributed by atoms with Crippen LogP contribution in [0.2, 0.25) is 5.02 Å². The van der Waals surface area contributed by atoms with Gasteiger partial charge < -0.3 is 15.4 Å². The molecule has 2 aromatic rings. The van der Waals surface area contributed by atoms with E-state index in [1.165, 1.54) is 17.8 Å². The fourth-order valence-corrected chi connectivity index (χ4v) is 4.70. The number of anilines is 1. The number of hydrogen-bond acceptors (Lipinski definition) is 6. The first-order valence-corrected chi connectivity index (χ1v) is 11.9. The molecule has 8 heteroatoms. The Morgan fingerprint density at radius 2 is 1.94 bits per heavy atom. The van der Waals surface area contributed by atoms with Gasteiger partial charge in [-0.25, -0.2) is 4.79 Å². The average Bonchev–Trinajstić information content (AvgIpc) is 2.82. The van der Waals surface area contributed by atoms with E-state index >= 15 is 0 Å². The Kier molecular flexibility index (Phi) is 8.58. The molecule has 6 nitrogen and oxygen atoms in total. The zero-order chi connectivity index (χ0) is 24.7. The minimum absolute atomic E-state index is 0.0388. The van der Waals surface area contributed by atoms with Crippen molar-refractivity contribution in [2.24, 2.45) is 0 Å². The lowest BCUT2D eigenvalue weighted by atomic mass is 9.82. The van der Waals surface area contributed by atoms with Crippen molar-refractivity contribution in [3.05, 3.63) is 99.2 Å². The van der Waals surface area contributed by atoms with Crippen molar-refractivity contribution in [2.45, 2.75) is 19.8 Å². The van der Waals surface area contributed by atoms with Crippen LogP contribution in [0.15, 0.2) is 83.1 Å². The van der Waals surface area contributed by atoms with Gasteiger partial charge in [0.15, 0.2) is 0 Å². The van der Waals surface area contributed by atoms with Crippen LogP contribution in [0.4, 0.5) is 5.69 Å². The van der Waals surface area contributed by atoms with Crippen molar-refractivity contribution in [1.82, 2.24) is 5.32 Å². The Morgan fingerprint density at radius 3 is 2.62 bits per heavy atom. The lowest BCUT2D eigenvalue weighted by Gasteiger charge is -2.29. The number of ether oxygens (including phenoxy) is 1. The first kappa shape index (κ1) is 25.2. The quantitative estimate of drug-likeness (QED) is 0.375. The van der Waals surface area contributed by atoms with Gasteiger partial charge in [0, 0.05) is 16.4 Å². The SMILES string of the molecule is C=CCOC(=O)C1=C(C)NC(SCC(=O)Nc2ccccc2C)=C(C#N)[C@H]1c1ccccc1Cl. The molecular formula is C26H24ClN3O3S. The topological polar surface area (TPSA) is 91.2 Å². The predicted molar refractivity (Wildman–Crippen MR) is 136 cm³/mol. The van der Waals surface area contributed by atoms with Crippen molar-refractivity contribution >= 4 is 40.9 Å². The monoisotopic (exact) mass is 493 g/mol. The molecule has 0 bridgehead atoms. The number of para-hydroxylation sites is 1. The van der Waals surface area contributed by atoms with E-state index < -0.39 is 11.9 Å². The summed E-state index contributed by atoms with van der Waals surface area (Å²) < 4.78 is 5.30. The van der Waals surface area contributed by atoms with E-state index in [4.69, 9.17) is 16.3 Å². The molecule has 0 aliphatic carbocycles. The summed E-state index contributed by atoms with van der Waals surface area (Å²) in [7, 11) is 0. The summed E-state index contributed by atoms with van der Waals surface area (Å²) in [6.45, 7) is 7.26. The third-order valence-electron chi connectivity index (χ3n) is 5.18.